The zero-order chi connectivity index (χ0) is 23.9. The van der Waals surface area contributed by atoms with Crippen molar-refractivity contribution in [3.8, 4) is 0 Å². The Balaban J connectivity index is 1.61. The summed E-state index contributed by atoms with van der Waals surface area (Å²) in [6, 6.07) is 0. The molecule has 2 saturated carbocycles. The molecule has 9 atom stereocenters. The van der Waals surface area contributed by atoms with Crippen molar-refractivity contribution in [2.75, 3.05) is 0 Å². The first-order valence-corrected chi connectivity index (χ1v) is 12.6. The molecule has 0 aromatic heterocycles. The van der Waals surface area contributed by atoms with Gasteiger partial charge in [0.15, 0.2) is 5.76 Å². The molecule has 5 rings (SSSR count). The highest BCUT2D eigenvalue weighted by atomic mass is 16.6. The molecule has 3 fully saturated rings. The Morgan fingerprint density at radius 2 is 1.79 bits per heavy atom. The first-order valence-electron chi connectivity index (χ1n) is 12.6. The van der Waals surface area contributed by atoms with E-state index in [0.29, 0.717) is 37.9 Å². The van der Waals surface area contributed by atoms with Gasteiger partial charge in [0.2, 0.25) is 5.78 Å². The molecule has 0 amide bonds. The van der Waals surface area contributed by atoms with Gasteiger partial charge in [0.05, 0.1) is 17.8 Å². The molecule has 3 N–H and O–H groups in total. The SMILES string of the molecule is CC(C)(O)CC[C@H]1OC2=C3[C@H](CC[C@]3(C)[C@@H]3CCC(=O)OC31)[C@@]1(C)C[C@H](O)[C@H](O)C[C@H]1C2=O. The van der Waals surface area contributed by atoms with Crippen LogP contribution in [0, 0.1) is 28.6 Å². The molecule has 1 unspecified atom stereocenters. The quantitative estimate of drug-likeness (QED) is 0.553. The molecular formula is C26H38O7. The van der Waals surface area contributed by atoms with Crippen LogP contribution in [-0.4, -0.2) is 57.1 Å². The molecule has 0 aromatic carbocycles. The van der Waals surface area contributed by atoms with E-state index in [0.717, 1.165) is 18.4 Å². The number of esters is 1. The molecular weight excluding hydrogens is 424 g/mol. The number of rotatable bonds is 3. The number of allylic oxidation sites excluding steroid dienone is 2. The van der Waals surface area contributed by atoms with Crippen LogP contribution in [0.4, 0.5) is 0 Å². The summed E-state index contributed by atoms with van der Waals surface area (Å²) in [5, 5.41) is 31.3. The number of hydrogen-bond donors (Lipinski definition) is 3. The van der Waals surface area contributed by atoms with E-state index in [9.17, 15) is 24.9 Å². The van der Waals surface area contributed by atoms with Crippen LogP contribution >= 0.6 is 0 Å². The maximum absolute atomic E-state index is 13.9. The third-order valence-corrected chi connectivity index (χ3v) is 9.68. The summed E-state index contributed by atoms with van der Waals surface area (Å²) in [6.07, 6.45) is 1.71. The fraction of sp³-hybridized carbons (Fsp3) is 0.846. The van der Waals surface area contributed by atoms with E-state index in [2.05, 4.69) is 13.8 Å². The third-order valence-electron chi connectivity index (χ3n) is 9.68. The second kappa shape index (κ2) is 7.53. The van der Waals surface area contributed by atoms with Gasteiger partial charge in [-0.25, -0.2) is 0 Å². The number of fused-ring (bicyclic) bond motifs is 4. The highest BCUT2D eigenvalue weighted by Gasteiger charge is 2.65. The van der Waals surface area contributed by atoms with Gasteiger partial charge >= 0.3 is 5.97 Å². The van der Waals surface area contributed by atoms with Crippen LogP contribution in [-0.2, 0) is 19.1 Å². The Labute approximate surface area is 195 Å². The highest BCUT2D eigenvalue weighted by Crippen LogP contribution is 2.67. The van der Waals surface area contributed by atoms with Gasteiger partial charge in [-0.1, -0.05) is 13.8 Å². The predicted molar refractivity (Wildman–Crippen MR) is 119 cm³/mol. The summed E-state index contributed by atoms with van der Waals surface area (Å²) in [5.41, 5.74) is -0.598. The number of ketones is 1. The lowest BCUT2D eigenvalue weighted by molar-refractivity contribution is -0.174. The van der Waals surface area contributed by atoms with Crippen LogP contribution in [0.15, 0.2) is 11.3 Å². The molecule has 0 aromatic rings. The van der Waals surface area contributed by atoms with Crippen LogP contribution in [0.25, 0.3) is 0 Å². The predicted octanol–water partition coefficient (Wildman–Crippen LogP) is 2.65. The number of aliphatic hydroxyl groups is 3. The van der Waals surface area contributed by atoms with Crippen LogP contribution in [0.3, 0.4) is 0 Å². The number of hydrogen-bond acceptors (Lipinski definition) is 7. The Morgan fingerprint density at radius 1 is 1.06 bits per heavy atom. The largest absolute Gasteiger partial charge is 0.483 e. The van der Waals surface area contributed by atoms with Crippen molar-refractivity contribution in [3.63, 3.8) is 0 Å². The van der Waals surface area contributed by atoms with Crippen LogP contribution in [0.5, 0.6) is 0 Å². The minimum Gasteiger partial charge on any atom is -0.483 e. The van der Waals surface area contributed by atoms with E-state index in [1.54, 1.807) is 13.8 Å². The second-order valence-corrected chi connectivity index (χ2v) is 12.4. The minimum atomic E-state index is -0.915. The number of aliphatic hydroxyl groups excluding tert-OH is 2. The monoisotopic (exact) mass is 462 g/mol. The Morgan fingerprint density at radius 3 is 2.48 bits per heavy atom. The lowest BCUT2D eigenvalue weighted by Crippen LogP contribution is -2.54. The van der Waals surface area contributed by atoms with Crippen molar-refractivity contribution in [1.82, 2.24) is 0 Å². The maximum Gasteiger partial charge on any atom is 0.306 e. The molecule has 7 heteroatoms. The highest BCUT2D eigenvalue weighted by molar-refractivity contribution is 5.98. The molecule has 1 saturated heterocycles. The first kappa shape index (κ1) is 23.3. The smallest absolute Gasteiger partial charge is 0.306 e. The van der Waals surface area contributed by atoms with Crippen LogP contribution in [0.2, 0.25) is 0 Å². The molecule has 2 aliphatic heterocycles. The standard InChI is InChI=1S/C26H38O7/c1-24(2,31)9-8-18-22-14(5-6-19(29)33-22)25(3)10-7-13-20(25)23(32-18)21(30)15-11-16(27)17(28)12-26(13,15)4/h13-18,22,27-28,31H,5-12H2,1-4H3/t13-,14+,15-,16+,17-,18+,22?,25+,26+/m0/s1. The summed E-state index contributed by atoms with van der Waals surface area (Å²) in [5.74, 6) is -0.164. The van der Waals surface area contributed by atoms with Gasteiger partial charge in [0.25, 0.3) is 0 Å². The van der Waals surface area contributed by atoms with E-state index in [-0.39, 0.29) is 35.4 Å². The molecule has 33 heavy (non-hydrogen) atoms. The number of ether oxygens (including phenoxy) is 2. The van der Waals surface area contributed by atoms with Crippen LogP contribution < -0.4 is 0 Å². The summed E-state index contributed by atoms with van der Waals surface area (Å²) in [7, 11) is 0. The van der Waals surface area contributed by atoms with Gasteiger partial charge in [0, 0.05) is 18.3 Å². The minimum absolute atomic E-state index is 0.0477. The first-order chi connectivity index (χ1) is 15.3. The van der Waals surface area contributed by atoms with E-state index >= 15 is 0 Å². The van der Waals surface area contributed by atoms with Crippen molar-refractivity contribution in [1.29, 1.82) is 0 Å². The van der Waals surface area contributed by atoms with Crippen molar-refractivity contribution < 1.29 is 34.4 Å². The topological polar surface area (TPSA) is 113 Å². The van der Waals surface area contributed by atoms with Crippen molar-refractivity contribution in [2.24, 2.45) is 28.6 Å². The lowest BCUT2D eigenvalue weighted by Gasteiger charge is -2.52. The Kier molecular flexibility index (Phi) is 5.32. The van der Waals surface area contributed by atoms with Gasteiger partial charge in [-0.3, -0.25) is 9.59 Å². The van der Waals surface area contributed by atoms with E-state index in [1.807, 2.05) is 0 Å². The summed E-state index contributed by atoms with van der Waals surface area (Å²) in [4.78, 5) is 26.3. The van der Waals surface area contributed by atoms with Crippen molar-refractivity contribution in [3.05, 3.63) is 11.3 Å². The summed E-state index contributed by atoms with van der Waals surface area (Å²) in [6.45, 7) is 7.79. The fourth-order valence-electron chi connectivity index (χ4n) is 7.87. The Hall–Kier alpha value is -1.44. The molecule has 7 nitrogen and oxygen atoms in total. The van der Waals surface area contributed by atoms with Gasteiger partial charge < -0.3 is 24.8 Å². The molecule has 0 radical (unpaired) electrons. The van der Waals surface area contributed by atoms with Gasteiger partial charge in [-0.05, 0) is 81.1 Å². The fourth-order valence-corrected chi connectivity index (χ4v) is 7.87. The molecule has 3 aliphatic carbocycles. The number of Topliss-reactive ketones (excluding diaryl/α,β-unsaturated/α-hetero) is 1. The van der Waals surface area contributed by atoms with Crippen molar-refractivity contribution >= 4 is 11.8 Å². The molecule has 2 heterocycles. The van der Waals surface area contributed by atoms with Gasteiger partial charge in [0.1, 0.15) is 12.2 Å². The third kappa shape index (κ3) is 3.49. The van der Waals surface area contributed by atoms with E-state index in [4.69, 9.17) is 9.47 Å². The second-order valence-electron chi connectivity index (χ2n) is 12.4. The van der Waals surface area contributed by atoms with E-state index in [1.165, 1.54) is 0 Å². The normalized spacial score (nSPS) is 47.2. The molecule has 0 bridgehead atoms. The Bertz CT molecular complexity index is 888. The van der Waals surface area contributed by atoms with Crippen molar-refractivity contribution in [2.45, 2.75) is 109 Å². The molecule has 0 spiro atoms. The van der Waals surface area contributed by atoms with E-state index < -0.39 is 41.3 Å². The number of carbonyl (C=O) groups is 2. The summed E-state index contributed by atoms with van der Waals surface area (Å²) < 4.78 is 12.5. The molecule has 184 valence electrons. The molecule has 5 aliphatic rings. The average Bonchev–Trinajstić information content (AvgIpc) is 3.03. The number of carbonyl (C=O) groups excluding carboxylic acids is 2. The van der Waals surface area contributed by atoms with Gasteiger partial charge in [-0.2, -0.15) is 0 Å². The lowest BCUT2D eigenvalue weighted by atomic mass is 9.52. The zero-order valence-corrected chi connectivity index (χ0v) is 20.2. The average molecular weight is 463 g/mol. The maximum atomic E-state index is 13.9. The summed E-state index contributed by atoms with van der Waals surface area (Å²) >= 11 is 0. The van der Waals surface area contributed by atoms with Gasteiger partial charge in [-0.15, -0.1) is 0 Å². The van der Waals surface area contributed by atoms with Crippen LogP contribution in [0.1, 0.15) is 79.1 Å². The zero-order valence-electron chi connectivity index (χ0n) is 20.2.